The number of nitrogens with zero attached hydrogens (tertiary/aromatic N) is 2. The lowest BCUT2D eigenvalue weighted by Gasteiger charge is -2.49. The predicted molar refractivity (Wildman–Crippen MR) is 73.3 cm³/mol. The average Bonchev–Trinajstić information content (AvgIpc) is 2.36. The molecule has 100 valence electrons. The molecule has 0 radical (unpaired) electrons. The third-order valence-corrected chi connectivity index (χ3v) is 4.28. The standard InChI is InChI=1S/C13H20ClN3O/c1-4-7-18-11-5-6-15-12(17-11)16-10-8-9(14)13(10,2)3/h5-6,9-10H,4,7-8H2,1-3H3,(H,15,16,17). The molecule has 18 heavy (non-hydrogen) atoms. The SMILES string of the molecule is CCCOc1ccnc(NC2CC(Cl)C2(C)C)n1. The molecule has 2 rings (SSSR count). The average molecular weight is 270 g/mol. The molecule has 1 heterocycles. The van der Waals surface area contributed by atoms with E-state index >= 15 is 0 Å². The highest BCUT2D eigenvalue weighted by Gasteiger charge is 2.47. The number of ether oxygens (including phenoxy) is 1. The van der Waals surface area contributed by atoms with Crippen LogP contribution in [0.2, 0.25) is 0 Å². The number of alkyl halides is 1. The van der Waals surface area contributed by atoms with Gasteiger partial charge in [0.15, 0.2) is 0 Å². The predicted octanol–water partition coefficient (Wildman–Crippen LogP) is 3.08. The number of nitrogens with one attached hydrogen (secondary N) is 1. The van der Waals surface area contributed by atoms with E-state index in [2.05, 4.69) is 36.1 Å². The van der Waals surface area contributed by atoms with Crippen molar-refractivity contribution in [2.75, 3.05) is 11.9 Å². The van der Waals surface area contributed by atoms with E-state index < -0.39 is 0 Å². The van der Waals surface area contributed by atoms with E-state index in [1.54, 1.807) is 12.3 Å². The summed E-state index contributed by atoms with van der Waals surface area (Å²) in [5.41, 5.74) is 0.0746. The van der Waals surface area contributed by atoms with E-state index in [1.165, 1.54) is 0 Å². The van der Waals surface area contributed by atoms with Crippen molar-refractivity contribution in [3.8, 4) is 5.88 Å². The van der Waals surface area contributed by atoms with Crippen molar-refractivity contribution < 1.29 is 4.74 Å². The fourth-order valence-electron chi connectivity index (χ4n) is 1.97. The van der Waals surface area contributed by atoms with Gasteiger partial charge in [-0.2, -0.15) is 4.98 Å². The second-order valence-electron chi connectivity index (χ2n) is 5.29. The van der Waals surface area contributed by atoms with Crippen LogP contribution in [0.4, 0.5) is 5.95 Å². The first-order chi connectivity index (χ1) is 8.54. The number of anilines is 1. The van der Waals surface area contributed by atoms with Crippen LogP contribution < -0.4 is 10.1 Å². The molecule has 0 bridgehead atoms. The Bertz CT molecular complexity index is 411. The summed E-state index contributed by atoms with van der Waals surface area (Å²) in [6.07, 6.45) is 3.62. The summed E-state index contributed by atoms with van der Waals surface area (Å²) in [4.78, 5) is 8.55. The van der Waals surface area contributed by atoms with Crippen molar-refractivity contribution >= 4 is 17.5 Å². The molecule has 1 fully saturated rings. The monoisotopic (exact) mass is 269 g/mol. The Morgan fingerprint density at radius 3 is 2.94 bits per heavy atom. The number of halogens is 1. The van der Waals surface area contributed by atoms with E-state index in [9.17, 15) is 0 Å². The Hall–Kier alpha value is -1.03. The quantitative estimate of drug-likeness (QED) is 0.835. The molecule has 1 N–H and O–H groups in total. The Morgan fingerprint density at radius 1 is 1.56 bits per heavy atom. The third kappa shape index (κ3) is 2.69. The molecular weight excluding hydrogens is 250 g/mol. The van der Waals surface area contributed by atoms with Gasteiger partial charge in [-0.1, -0.05) is 20.8 Å². The van der Waals surface area contributed by atoms with Gasteiger partial charge in [0, 0.05) is 29.1 Å². The van der Waals surface area contributed by atoms with Gasteiger partial charge in [-0.3, -0.25) is 0 Å². The van der Waals surface area contributed by atoms with Gasteiger partial charge in [-0.05, 0) is 12.8 Å². The van der Waals surface area contributed by atoms with Crippen LogP contribution in [0.5, 0.6) is 5.88 Å². The van der Waals surface area contributed by atoms with Gasteiger partial charge in [-0.15, -0.1) is 11.6 Å². The molecule has 2 unspecified atom stereocenters. The summed E-state index contributed by atoms with van der Waals surface area (Å²) in [7, 11) is 0. The Morgan fingerprint density at radius 2 is 2.33 bits per heavy atom. The maximum atomic E-state index is 6.20. The molecule has 0 aromatic carbocycles. The molecule has 1 aromatic heterocycles. The van der Waals surface area contributed by atoms with Crippen LogP contribution in [0.3, 0.4) is 0 Å². The fraction of sp³-hybridized carbons (Fsp3) is 0.692. The van der Waals surface area contributed by atoms with Crippen molar-refractivity contribution in [1.29, 1.82) is 0 Å². The van der Waals surface area contributed by atoms with Gasteiger partial charge in [0.1, 0.15) is 0 Å². The van der Waals surface area contributed by atoms with Crippen LogP contribution in [0, 0.1) is 5.41 Å². The van der Waals surface area contributed by atoms with E-state index in [4.69, 9.17) is 16.3 Å². The van der Waals surface area contributed by atoms with E-state index in [-0.39, 0.29) is 10.8 Å². The van der Waals surface area contributed by atoms with E-state index in [1.807, 2.05) is 0 Å². The van der Waals surface area contributed by atoms with Crippen LogP contribution in [0.15, 0.2) is 12.3 Å². The molecule has 5 heteroatoms. The molecule has 1 aliphatic rings. The van der Waals surface area contributed by atoms with E-state index in [0.29, 0.717) is 24.5 Å². The highest BCUT2D eigenvalue weighted by Crippen LogP contribution is 2.45. The van der Waals surface area contributed by atoms with Gasteiger partial charge in [-0.25, -0.2) is 4.98 Å². The van der Waals surface area contributed by atoms with Gasteiger partial charge in [0.05, 0.1) is 6.61 Å². The van der Waals surface area contributed by atoms with Crippen LogP contribution in [-0.4, -0.2) is 28.0 Å². The lowest BCUT2D eigenvalue weighted by atomic mass is 9.67. The fourth-order valence-corrected chi connectivity index (χ4v) is 2.30. The highest BCUT2D eigenvalue weighted by atomic mass is 35.5. The van der Waals surface area contributed by atoms with Gasteiger partial charge in [0.25, 0.3) is 0 Å². The lowest BCUT2D eigenvalue weighted by molar-refractivity contribution is 0.167. The largest absolute Gasteiger partial charge is 0.478 e. The number of rotatable bonds is 5. The third-order valence-electron chi connectivity index (χ3n) is 3.54. The van der Waals surface area contributed by atoms with Crippen LogP contribution in [-0.2, 0) is 0 Å². The first-order valence-electron chi connectivity index (χ1n) is 6.40. The van der Waals surface area contributed by atoms with Crippen LogP contribution in [0.1, 0.15) is 33.6 Å². The van der Waals surface area contributed by atoms with Crippen molar-refractivity contribution in [2.45, 2.75) is 45.0 Å². The molecule has 0 spiro atoms. The zero-order valence-corrected chi connectivity index (χ0v) is 11.9. The molecule has 0 amide bonds. The Kier molecular flexibility index (Phi) is 3.95. The number of hydrogen-bond acceptors (Lipinski definition) is 4. The zero-order valence-electron chi connectivity index (χ0n) is 11.1. The molecule has 1 saturated carbocycles. The lowest BCUT2D eigenvalue weighted by Crippen LogP contribution is -2.54. The Labute approximate surface area is 113 Å². The first kappa shape index (κ1) is 13.4. The van der Waals surface area contributed by atoms with Gasteiger partial charge >= 0.3 is 0 Å². The van der Waals surface area contributed by atoms with Crippen molar-refractivity contribution in [3.05, 3.63) is 12.3 Å². The van der Waals surface area contributed by atoms with Crippen molar-refractivity contribution in [1.82, 2.24) is 9.97 Å². The summed E-state index contributed by atoms with van der Waals surface area (Å²) < 4.78 is 5.48. The summed E-state index contributed by atoms with van der Waals surface area (Å²) in [5.74, 6) is 1.24. The molecule has 4 nitrogen and oxygen atoms in total. The highest BCUT2D eigenvalue weighted by molar-refractivity contribution is 6.21. The second kappa shape index (κ2) is 5.31. The minimum Gasteiger partial charge on any atom is -0.478 e. The summed E-state index contributed by atoms with van der Waals surface area (Å²) >= 11 is 6.20. The number of aromatic nitrogens is 2. The summed E-state index contributed by atoms with van der Waals surface area (Å²) in [6.45, 7) is 7.06. The van der Waals surface area contributed by atoms with E-state index in [0.717, 1.165) is 12.8 Å². The van der Waals surface area contributed by atoms with Crippen LogP contribution in [0.25, 0.3) is 0 Å². The topological polar surface area (TPSA) is 47.0 Å². The van der Waals surface area contributed by atoms with Gasteiger partial charge < -0.3 is 10.1 Å². The molecule has 1 aliphatic carbocycles. The van der Waals surface area contributed by atoms with Crippen molar-refractivity contribution in [2.24, 2.45) is 5.41 Å². The molecule has 0 aliphatic heterocycles. The number of hydrogen-bond donors (Lipinski definition) is 1. The smallest absolute Gasteiger partial charge is 0.226 e. The Balaban J connectivity index is 1.98. The molecule has 2 atom stereocenters. The zero-order chi connectivity index (χ0) is 13.2. The maximum Gasteiger partial charge on any atom is 0.226 e. The second-order valence-corrected chi connectivity index (χ2v) is 5.82. The molecular formula is C13H20ClN3O. The van der Waals surface area contributed by atoms with Gasteiger partial charge in [0.2, 0.25) is 11.8 Å². The minimum absolute atomic E-state index is 0.0746. The van der Waals surface area contributed by atoms with Crippen molar-refractivity contribution in [3.63, 3.8) is 0 Å². The van der Waals surface area contributed by atoms with Crippen LogP contribution >= 0.6 is 11.6 Å². The minimum atomic E-state index is 0.0746. The maximum absolute atomic E-state index is 6.20. The summed E-state index contributed by atoms with van der Waals surface area (Å²) in [5, 5.41) is 3.55. The normalized spacial score (nSPS) is 25.3. The molecule has 0 saturated heterocycles. The molecule has 1 aromatic rings. The summed E-state index contributed by atoms with van der Waals surface area (Å²) in [6, 6.07) is 2.10. The first-order valence-corrected chi connectivity index (χ1v) is 6.84.